The molecule has 2 rings (SSSR count). The van der Waals surface area contributed by atoms with Gasteiger partial charge in [-0.05, 0) is 43.9 Å². The molecule has 0 aromatic heterocycles. The van der Waals surface area contributed by atoms with E-state index < -0.39 is 0 Å². The van der Waals surface area contributed by atoms with E-state index in [0.717, 1.165) is 11.8 Å². The second-order valence-electron chi connectivity index (χ2n) is 6.67. The van der Waals surface area contributed by atoms with Crippen LogP contribution in [-0.4, -0.2) is 0 Å². The summed E-state index contributed by atoms with van der Waals surface area (Å²) in [6.07, 6.45) is 21.6. The molecule has 2 unspecified atom stereocenters. The molecular formula is C18H32. The highest BCUT2D eigenvalue weighted by Gasteiger charge is 2.18. The summed E-state index contributed by atoms with van der Waals surface area (Å²) in [5.41, 5.74) is 1.80. The van der Waals surface area contributed by atoms with E-state index >= 15 is 0 Å². The van der Waals surface area contributed by atoms with Crippen LogP contribution in [-0.2, 0) is 0 Å². The minimum Gasteiger partial charge on any atom is -0.0853 e. The molecule has 0 radical (unpaired) electrons. The Hall–Kier alpha value is -0.260. The Morgan fingerprint density at radius 1 is 0.944 bits per heavy atom. The summed E-state index contributed by atoms with van der Waals surface area (Å²) in [7, 11) is 0. The fourth-order valence-electron chi connectivity index (χ4n) is 3.87. The Morgan fingerprint density at radius 2 is 1.72 bits per heavy atom. The van der Waals surface area contributed by atoms with Gasteiger partial charge in [-0.25, -0.2) is 0 Å². The van der Waals surface area contributed by atoms with Gasteiger partial charge in [0.2, 0.25) is 0 Å². The zero-order valence-electron chi connectivity index (χ0n) is 12.4. The third kappa shape index (κ3) is 4.78. The van der Waals surface area contributed by atoms with Crippen LogP contribution in [0.2, 0.25) is 0 Å². The Labute approximate surface area is 114 Å². The van der Waals surface area contributed by atoms with Crippen LogP contribution in [0, 0.1) is 11.8 Å². The first-order chi connectivity index (χ1) is 8.88. The van der Waals surface area contributed by atoms with Crippen molar-refractivity contribution in [2.75, 3.05) is 0 Å². The summed E-state index contributed by atoms with van der Waals surface area (Å²) >= 11 is 0. The van der Waals surface area contributed by atoms with E-state index in [1.165, 1.54) is 83.5 Å². The summed E-state index contributed by atoms with van der Waals surface area (Å²) in [6, 6.07) is 0. The van der Waals surface area contributed by atoms with Crippen molar-refractivity contribution >= 4 is 0 Å². The van der Waals surface area contributed by atoms with E-state index in [4.69, 9.17) is 0 Å². The highest BCUT2D eigenvalue weighted by Crippen LogP contribution is 2.34. The van der Waals surface area contributed by atoms with E-state index in [2.05, 4.69) is 13.0 Å². The van der Waals surface area contributed by atoms with Crippen LogP contribution in [0.5, 0.6) is 0 Å². The van der Waals surface area contributed by atoms with Crippen LogP contribution in [0.25, 0.3) is 0 Å². The maximum absolute atomic E-state index is 2.61. The Bertz CT molecular complexity index is 251. The van der Waals surface area contributed by atoms with Gasteiger partial charge in [0.25, 0.3) is 0 Å². The number of allylic oxidation sites excluding steroid dienone is 2. The first-order valence-electron chi connectivity index (χ1n) is 8.56. The van der Waals surface area contributed by atoms with Crippen molar-refractivity contribution in [1.82, 2.24) is 0 Å². The molecule has 1 saturated carbocycles. The van der Waals surface area contributed by atoms with Gasteiger partial charge in [0, 0.05) is 0 Å². The number of hydrogen-bond acceptors (Lipinski definition) is 0. The highest BCUT2D eigenvalue weighted by atomic mass is 14.2. The third-order valence-corrected chi connectivity index (χ3v) is 5.23. The number of fused-ring (bicyclic) bond motifs is 2. The summed E-state index contributed by atoms with van der Waals surface area (Å²) in [5, 5.41) is 0. The van der Waals surface area contributed by atoms with Crippen molar-refractivity contribution in [3.05, 3.63) is 11.6 Å². The van der Waals surface area contributed by atoms with E-state index in [-0.39, 0.29) is 0 Å². The largest absolute Gasteiger partial charge is 0.0853 e. The molecule has 0 N–H and O–H groups in total. The number of hydrogen-bond donors (Lipinski definition) is 0. The van der Waals surface area contributed by atoms with Gasteiger partial charge in [0.05, 0.1) is 0 Å². The normalized spacial score (nSPS) is 34.6. The SMILES string of the molecule is CCC1CC/C=C2/CCC(CCCCCCC1)C2. The molecule has 0 aromatic rings. The highest BCUT2D eigenvalue weighted by molar-refractivity contribution is 5.08. The first-order valence-corrected chi connectivity index (χ1v) is 8.56. The average molecular weight is 248 g/mol. The second kappa shape index (κ2) is 8.02. The predicted octanol–water partition coefficient (Wildman–Crippen LogP) is 6.26. The van der Waals surface area contributed by atoms with Gasteiger partial charge >= 0.3 is 0 Å². The molecule has 0 spiro atoms. The van der Waals surface area contributed by atoms with Crippen molar-refractivity contribution in [2.45, 2.75) is 90.4 Å². The van der Waals surface area contributed by atoms with Crippen molar-refractivity contribution in [2.24, 2.45) is 11.8 Å². The van der Waals surface area contributed by atoms with Gasteiger partial charge in [0.15, 0.2) is 0 Å². The summed E-state index contributed by atoms with van der Waals surface area (Å²) < 4.78 is 0. The van der Waals surface area contributed by atoms with Crippen LogP contribution in [0.15, 0.2) is 11.6 Å². The average Bonchev–Trinajstić information content (AvgIpc) is 2.82. The van der Waals surface area contributed by atoms with Gasteiger partial charge in [-0.3, -0.25) is 0 Å². The van der Waals surface area contributed by atoms with Crippen molar-refractivity contribution < 1.29 is 0 Å². The van der Waals surface area contributed by atoms with E-state index in [1.807, 2.05) is 0 Å². The molecule has 0 nitrogen and oxygen atoms in total. The fraction of sp³-hybridized carbons (Fsp3) is 0.889. The zero-order chi connectivity index (χ0) is 12.6. The third-order valence-electron chi connectivity index (χ3n) is 5.23. The van der Waals surface area contributed by atoms with Gasteiger partial charge in [0.1, 0.15) is 0 Å². The minimum atomic E-state index is 1.00. The molecule has 2 bridgehead atoms. The molecule has 0 heteroatoms. The van der Waals surface area contributed by atoms with E-state index in [0.29, 0.717) is 0 Å². The van der Waals surface area contributed by atoms with Crippen molar-refractivity contribution in [3.63, 3.8) is 0 Å². The maximum Gasteiger partial charge on any atom is -0.0292 e. The fourth-order valence-corrected chi connectivity index (χ4v) is 3.87. The maximum atomic E-state index is 2.61. The smallest absolute Gasteiger partial charge is 0.0292 e. The van der Waals surface area contributed by atoms with Gasteiger partial charge in [-0.15, -0.1) is 0 Å². The monoisotopic (exact) mass is 248 g/mol. The lowest BCUT2D eigenvalue weighted by atomic mass is 9.92. The van der Waals surface area contributed by atoms with Crippen LogP contribution in [0.4, 0.5) is 0 Å². The van der Waals surface area contributed by atoms with E-state index in [1.54, 1.807) is 5.57 Å². The van der Waals surface area contributed by atoms with Crippen LogP contribution >= 0.6 is 0 Å². The lowest BCUT2D eigenvalue weighted by molar-refractivity contribution is 0.408. The Balaban J connectivity index is 1.84. The van der Waals surface area contributed by atoms with Gasteiger partial charge in [-0.1, -0.05) is 69.9 Å². The lowest BCUT2D eigenvalue weighted by Gasteiger charge is -2.14. The molecule has 2 aliphatic rings. The molecule has 18 heavy (non-hydrogen) atoms. The minimum absolute atomic E-state index is 1.00. The quantitative estimate of drug-likeness (QED) is 0.480. The molecule has 0 saturated heterocycles. The predicted molar refractivity (Wildman–Crippen MR) is 80.8 cm³/mol. The summed E-state index contributed by atoms with van der Waals surface area (Å²) in [4.78, 5) is 0. The van der Waals surface area contributed by atoms with Crippen LogP contribution in [0.1, 0.15) is 90.4 Å². The second-order valence-corrected chi connectivity index (χ2v) is 6.67. The molecule has 1 fully saturated rings. The molecule has 0 amide bonds. The molecule has 2 aliphatic carbocycles. The van der Waals surface area contributed by atoms with Gasteiger partial charge < -0.3 is 0 Å². The van der Waals surface area contributed by atoms with E-state index in [9.17, 15) is 0 Å². The van der Waals surface area contributed by atoms with Crippen LogP contribution in [0.3, 0.4) is 0 Å². The first kappa shape index (κ1) is 14.2. The summed E-state index contributed by atoms with van der Waals surface area (Å²) in [5.74, 6) is 2.04. The number of rotatable bonds is 1. The molecule has 104 valence electrons. The lowest BCUT2D eigenvalue weighted by Crippen LogP contribution is -1.99. The molecule has 0 heterocycles. The van der Waals surface area contributed by atoms with Crippen molar-refractivity contribution in [3.8, 4) is 0 Å². The molecule has 2 atom stereocenters. The molecule has 0 aromatic carbocycles. The van der Waals surface area contributed by atoms with Crippen molar-refractivity contribution in [1.29, 1.82) is 0 Å². The zero-order valence-corrected chi connectivity index (χ0v) is 12.4. The van der Waals surface area contributed by atoms with Crippen LogP contribution < -0.4 is 0 Å². The molecular weight excluding hydrogens is 216 g/mol. The van der Waals surface area contributed by atoms with Gasteiger partial charge in [-0.2, -0.15) is 0 Å². The standard InChI is InChI=1S/C18H32/c1-2-16-9-6-4-3-5-7-10-17-13-14-18(15-17)12-8-11-16/h12,16-17H,2-11,13-15H2,1H3/b18-12-. The topological polar surface area (TPSA) is 0 Å². The summed E-state index contributed by atoms with van der Waals surface area (Å²) in [6.45, 7) is 2.38. The molecule has 0 aliphatic heterocycles. The Morgan fingerprint density at radius 3 is 2.56 bits per heavy atom. The Kier molecular flexibility index (Phi) is 6.31.